The molecule has 23 heavy (non-hydrogen) atoms. The van der Waals surface area contributed by atoms with Gasteiger partial charge in [0.05, 0.1) is 12.8 Å². The number of aromatic nitrogens is 1. The lowest BCUT2D eigenvalue weighted by Gasteiger charge is -2.22. The average molecular weight is 333 g/mol. The number of pyridine rings is 1. The van der Waals surface area contributed by atoms with Crippen molar-refractivity contribution < 1.29 is 9.84 Å². The second kappa shape index (κ2) is 7.20. The first-order chi connectivity index (χ1) is 11.1. The third-order valence-corrected chi connectivity index (χ3v) is 4.45. The molecule has 1 saturated heterocycles. The number of hydrogen-bond donors (Lipinski definition) is 2. The van der Waals surface area contributed by atoms with Crippen LogP contribution in [0.1, 0.15) is 18.4 Å². The molecule has 122 valence electrons. The molecule has 0 unspecified atom stereocenters. The van der Waals surface area contributed by atoms with Crippen molar-refractivity contribution in [1.82, 2.24) is 10.3 Å². The van der Waals surface area contributed by atoms with Crippen molar-refractivity contribution in [2.45, 2.75) is 19.8 Å². The summed E-state index contributed by atoms with van der Waals surface area (Å²) in [5, 5.41) is 14.2. The number of ether oxygens (including phenoxy) is 1. The topological polar surface area (TPSA) is 54.4 Å². The van der Waals surface area contributed by atoms with E-state index in [1.54, 1.807) is 24.5 Å². The van der Waals surface area contributed by atoms with Crippen molar-refractivity contribution in [3.05, 3.63) is 41.2 Å². The number of rotatable bonds is 4. The average Bonchev–Trinajstić information content (AvgIpc) is 2.57. The first-order valence-corrected chi connectivity index (χ1v) is 8.29. The Balaban J connectivity index is 1.77. The van der Waals surface area contributed by atoms with Crippen molar-refractivity contribution >= 4 is 11.6 Å². The Hall–Kier alpha value is -1.78. The number of phenolic OH excluding ortho intramolecular Hbond substituents is 1. The SMILES string of the molecule is Cc1cc(Cl)cc(-c2cncc(OCC3CCNCC3)c2)c1O. The fraction of sp³-hybridized carbons (Fsp3) is 0.389. The van der Waals surface area contributed by atoms with Crippen LogP contribution in [0.2, 0.25) is 5.02 Å². The van der Waals surface area contributed by atoms with Crippen molar-refractivity contribution in [2.24, 2.45) is 5.92 Å². The molecule has 0 spiro atoms. The minimum Gasteiger partial charge on any atom is -0.507 e. The molecule has 0 radical (unpaired) electrons. The van der Waals surface area contributed by atoms with E-state index in [9.17, 15) is 5.11 Å². The highest BCUT2D eigenvalue weighted by Crippen LogP contribution is 2.35. The maximum absolute atomic E-state index is 10.3. The number of piperidine rings is 1. The summed E-state index contributed by atoms with van der Waals surface area (Å²) < 4.78 is 5.90. The molecular formula is C18H21ClN2O2. The van der Waals surface area contributed by atoms with Gasteiger partial charge in [0, 0.05) is 22.3 Å². The number of hydrogen-bond acceptors (Lipinski definition) is 4. The highest BCUT2D eigenvalue weighted by molar-refractivity contribution is 6.31. The summed E-state index contributed by atoms with van der Waals surface area (Å²) in [6, 6.07) is 5.39. The van der Waals surface area contributed by atoms with E-state index in [2.05, 4.69) is 10.3 Å². The third-order valence-electron chi connectivity index (χ3n) is 4.23. The molecule has 1 aliphatic heterocycles. The summed E-state index contributed by atoms with van der Waals surface area (Å²) >= 11 is 6.11. The molecule has 1 aliphatic rings. The second-order valence-electron chi connectivity index (χ2n) is 6.03. The van der Waals surface area contributed by atoms with Gasteiger partial charge in [0.2, 0.25) is 0 Å². The Kier molecular flexibility index (Phi) is 5.03. The summed E-state index contributed by atoms with van der Waals surface area (Å²) in [6.07, 6.45) is 5.70. The summed E-state index contributed by atoms with van der Waals surface area (Å²) in [7, 11) is 0. The Morgan fingerprint density at radius 1 is 1.26 bits per heavy atom. The number of aryl methyl sites for hydroxylation is 1. The number of aromatic hydroxyl groups is 1. The lowest BCUT2D eigenvalue weighted by molar-refractivity contribution is 0.214. The maximum atomic E-state index is 10.3. The zero-order chi connectivity index (χ0) is 16.2. The van der Waals surface area contributed by atoms with E-state index in [1.165, 1.54) is 0 Å². The predicted octanol–water partition coefficient (Wildman–Crippen LogP) is 3.79. The smallest absolute Gasteiger partial charge is 0.138 e. The van der Waals surface area contributed by atoms with Crippen molar-refractivity contribution in [3.8, 4) is 22.6 Å². The Labute approximate surface area is 141 Å². The monoisotopic (exact) mass is 332 g/mol. The van der Waals surface area contributed by atoms with Gasteiger partial charge in [-0.15, -0.1) is 0 Å². The first kappa shape index (κ1) is 16.1. The highest BCUT2D eigenvalue weighted by atomic mass is 35.5. The number of benzene rings is 1. The van der Waals surface area contributed by atoms with Gasteiger partial charge in [-0.3, -0.25) is 4.98 Å². The van der Waals surface area contributed by atoms with Gasteiger partial charge in [-0.1, -0.05) is 11.6 Å². The van der Waals surface area contributed by atoms with Crippen LogP contribution in [0.3, 0.4) is 0 Å². The summed E-state index contributed by atoms with van der Waals surface area (Å²) in [5.41, 5.74) is 2.22. The van der Waals surface area contributed by atoms with Gasteiger partial charge in [-0.05, 0) is 62.5 Å². The number of nitrogens with one attached hydrogen (secondary N) is 1. The van der Waals surface area contributed by atoms with Crippen LogP contribution in [-0.2, 0) is 0 Å². The van der Waals surface area contributed by atoms with Crippen LogP contribution in [0.25, 0.3) is 11.1 Å². The van der Waals surface area contributed by atoms with Crippen LogP contribution in [-0.4, -0.2) is 29.8 Å². The lowest BCUT2D eigenvalue weighted by atomic mass is 9.99. The summed E-state index contributed by atoms with van der Waals surface area (Å²) in [6.45, 7) is 4.65. The Morgan fingerprint density at radius 3 is 2.83 bits per heavy atom. The van der Waals surface area contributed by atoms with Gasteiger partial charge in [-0.2, -0.15) is 0 Å². The van der Waals surface area contributed by atoms with E-state index < -0.39 is 0 Å². The van der Waals surface area contributed by atoms with Crippen LogP contribution in [0.5, 0.6) is 11.5 Å². The summed E-state index contributed by atoms with van der Waals surface area (Å²) in [4.78, 5) is 4.23. The quantitative estimate of drug-likeness (QED) is 0.894. The van der Waals surface area contributed by atoms with Gasteiger partial charge >= 0.3 is 0 Å². The standard InChI is InChI=1S/C18H21ClN2O2/c1-12-6-15(19)8-17(18(12)22)14-7-16(10-21-9-14)23-11-13-2-4-20-5-3-13/h6-10,13,20,22H,2-5,11H2,1H3. The van der Waals surface area contributed by atoms with Gasteiger partial charge < -0.3 is 15.2 Å². The van der Waals surface area contributed by atoms with E-state index in [0.29, 0.717) is 23.1 Å². The maximum Gasteiger partial charge on any atom is 0.138 e. The molecule has 0 saturated carbocycles. The van der Waals surface area contributed by atoms with Crippen molar-refractivity contribution in [3.63, 3.8) is 0 Å². The van der Waals surface area contributed by atoms with E-state index >= 15 is 0 Å². The summed E-state index contributed by atoms with van der Waals surface area (Å²) in [5.74, 6) is 1.53. The second-order valence-corrected chi connectivity index (χ2v) is 6.47. The molecule has 0 aliphatic carbocycles. The van der Waals surface area contributed by atoms with E-state index in [4.69, 9.17) is 16.3 Å². The zero-order valence-electron chi connectivity index (χ0n) is 13.2. The zero-order valence-corrected chi connectivity index (χ0v) is 13.9. The molecule has 0 atom stereocenters. The lowest BCUT2D eigenvalue weighted by Crippen LogP contribution is -2.30. The van der Waals surface area contributed by atoms with Crippen LogP contribution >= 0.6 is 11.6 Å². The largest absolute Gasteiger partial charge is 0.507 e. The minimum absolute atomic E-state index is 0.228. The molecule has 1 aromatic heterocycles. The van der Waals surface area contributed by atoms with Gasteiger partial charge in [0.25, 0.3) is 0 Å². The minimum atomic E-state index is 0.228. The first-order valence-electron chi connectivity index (χ1n) is 7.91. The highest BCUT2D eigenvalue weighted by Gasteiger charge is 2.14. The fourth-order valence-corrected chi connectivity index (χ4v) is 3.14. The molecular weight excluding hydrogens is 312 g/mol. The van der Waals surface area contributed by atoms with Crippen molar-refractivity contribution in [2.75, 3.05) is 19.7 Å². The number of phenols is 1. The molecule has 3 rings (SSSR count). The molecule has 2 heterocycles. The van der Waals surface area contributed by atoms with Gasteiger partial charge in [-0.25, -0.2) is 0 Å². The Morgan fingerprint density at radius 2 is 2.04 bits per heavy atom. The molecule has 2 aromatic rings. The molecule has 5 heteroatoms. The van der Waals surface area contributed by atoms with E-state index in [0.717, 1.165) is 42.8 Å². The van der Waals surface area contributed by atoms with E-state index in [1.807, 2.05) is 13.0 Å². The third kappa shape index (κ3) is 3.95. The molecule has 1 fully saturated rings. The normalized spacial score (nSPS) is 15.6. The molecule has 2 N–H and O–H groups in total. The van der Waals surface area contributed by atoms with Crippen LogP contribution in [0.15, 0.2) is 30.6 Å². The molecule has 4 nitrogen and oxygen atoms in total. The van der Waals surface area contributed by atoms with Crippen molar-refractivity contribution in [1.29, 1.82) is 0 Å². The fourth-order valence-electron chi connectivity index (χ4n) is 2.86. The molecule has 0 bridgehead atoms. The molecule has 0 amide bonds. The van der Waals surface area contributed by atoms with Crippen LogP contribution in [0.4, 0.5) is 0 Å². The van der Waals surface area contributed by atoms with Crippen LogP contribution < -0.4 is 10.1 Å². The Bertz CT molecular complexity index is 685. The van der Waals surface area contributed by atoms with Crippen LogP contribution in [0, 0.1) is 12.8 Å². The molecule has 1 aromatic carbocycles. The van der Waals surface area contributed by atoms with E-state index in [-0.39, 0.29) is 5.75 Å². The van der Waals surface area contributed by atoms with Gasteiger partial charge in [0.1, 0.15) is 11.5 Å². The number of halogens is 1. The number of nitrogens with zero attached hydrogens (tertiary/aromatic N) is 1. The predicted molar refractivity (Wildman–Crippen MR) is 92.2 cm³/mol. The van der Waals surface area contributed by atoms with Gasteiger partial charge in [0.15, 0.2) is 0 Å².